The first-order valence-electron chi connectivity index (χ1n) is 2.20. The van der Waals surface area contributed by atoms with Crippen molar-refractivity contribution in [2.75, 3.05) is 0 Å². The second kappa shape index (κ2) is 2.91. The van der Waals surface area contributed by atoms with Gasteiger partial charge in [-0.2, -0.15) is 0 Å². The highest BCUT2D eigenvalue weighted by atomic mass is 32.2. The first kappa shape index (κ1) is 7.74. The summed E-state index contributed by atoms with van der Waals surface area (Å²) < 4.78 is 3.28. The van der Waals surface area contributed by atoms with Gasteiger partial charge in [0.25, 0.3) is 0 Å². The van der Waals surface area contributed by atoms with E-state index in [1.54, 1.807) is 11.9 Å². The van der Waals surface area contributed by atoms with Gasteiger partial charge in [0.1, 0.15) is 0 Å². The van der Waals surface area contributed by atoms with Gasteiger partial charge < -0.3 is 0 Å². The van der Waals surface area contributed by atoms with E-state index in [-0.39, 0.29) is 0 Å². The lowest BCUT2D eigenvalue weighted by Crippen LogP contribution is -2.10. The molecule has 0 aliphatic carbocycles. The van der Waals surface area contributed by atoms with E-state index in [4.69, 9.17) is 0 Å². The summed E-state index contributed by atoms with van der Waals surface area (Å²) in [6, 6.07) is 0. The zero-order chi connectivity index (χ0) is 5.91. The Balaban J connectivity index is 3.15. The maximum absolute atomic E-state index is 2.94. The van der Waals surface area contributed by atoms with Crippen molar-refractivity contribution < 1.29 is 0 Å². The number of rotatable bonds is 1. The fourth-order valence-electron chi connectivity index (χ4n) is 0.177. The summed E-state index contributed by atoms with van der Waals surface area (Å²) in [5.41, 5.74) is 0. The number of nitrogens with one attached hydrogen (secondary N) is 1. The predicted octanol–water partition coefficient (Wildman–Crippen LogP) is 1.81. The van der Waals surface area contributed by atoms with Crippen molar-refractivity contribution >= 4 is 21.3 Å². The Hall–Kier alpha value is 0.740. The van der Waals surface area contributed by atoms with Crippen LogP contribution in [0.15, 0.2) is 0 Å². The normalized spacial score (nSPS) is 12.0. The van der Waals surface area contributed by atoms with Crippen LogP contribution < -0.4 is 4.49 Å². The number of hydrogen-bond donors (Lipinski definition) is 1. The SMILES string of the molecule is CC(C)(C)SNP. The second-order valence-electron chi connectivity index (χ2n) is 2.33. The molecule has 1 nitrogen and oxygen atoms in total. The molecule has 0 aromatic heterocycles. The standard InChI is InChI=1S/C4H12NPS/c1-4(2,3)7-5-6/h5H,6H2,1-3H3. The first-order valence-corrected chi connectivity index (χ1v) is 3.59. The zero-order valence-corrected chi connectivity index (χ0v) is 6.96. The van der Waals surface area contributed by atoms with Gasteiger partial charge in [-0.3, -0.25) is 0 Å². The van der Waals surface area contributed by atoms with Crippen LogP contribution in [0, 0.1) is 0 Å². The average Bonchev–Trinajstić information content (AvgIpc) is 1.30. The molecule has 0 rings (SSSR count). The molecule has 0 aromatic rings. The lowest BCUT2D eigenvalue weighted by molar-refractivity contribution is 0.802. The van der Waals surface area contributed by atoms with E-state index in [1.165, 1.54) is 0 Å². The molecule has 0 radical (unpaired) electrons. The van der Waals surface area contributed by atoms with E-state index in [1.807, 2.05) is 0 Å². The van der Waals surface area contributed by atoms with Crippen LogP contribution in [0.4, 0.5) is 0 Å². The average molecular weight is 137 g/mol. The zero-order valence-electron chi connectivity index (χ0n) is 4.99. The first-order chi connectivity index (χ1) is 3.06. The molecular weight excluding hydrogens is 125 g/mol. The Kier molecular flexibility index (Phi) is 3.21. The molecule has 0 fully saturated rings. The van der Waals surface area contributed by atoms with Crippen LogP contribution in [0.25, 0.3) is 0 Å². The van der Waals surface area contributed by atoms with E-state index in [2.05, 4.69) is 34.7 Å². The molecule has 0 spiro atoms. The molecule has 1 N–H and O–H groups in total. The van der Waals surface area contributed by atoms with Crippen LogP contribution in [-0.2, 0) is 0 Å². The van der Waals surface area contributed by atoms with Gasteiger partial charge in [0, 0.05) is 4.75 Å². The van der Waals surface area contributed by atoms with Crippen LogP contribution in [0.5, 0.6) is 0 Å². The largest absolute Gasteiger partial charge is 0.248 e. The third-order valence-electron chi connectivity index (χ3n) is 0.365. The molecule has 7 heavy (non-hydrogen) atoms. The van der Waals surface area contributed by atoms with E-state index in [0.717, 1.165) is 0 Å². The van der Waals surface area contributed by atoms with Crippen molar-refractivity contribution in [1.29, 1.82) is 0 Å². The number of hydrogen-bond acceptors (Lipinski definition) is 2. The van der Waals surface area contributed by atoms with Gasteiger partial charge in [0.15, 0.2) is 0 Å². The van der Waals surface area contributed by atoms with Crippen LogP contribution in [0.2, 0.25) is 0 Å². The van der Waals surface area contributed by atoms with Gasteiger partial charge in [0.05, 0.1) is 0 Å². The Morgan fingerprint density at radius 3 is 1.86 bits per heavy atom. The minimum absolute atomic E-state index is 0.335. The Morgan fingerprint density at radius 1 is 1.43 bits per heavy atom. The quantitative estimate of drug-likeness (QED) is 0.437. The highest BCUT2D eigenvalue weighted by Crippen LogP contribution is 2.19. The molecule has 0 bridgehead atoms. The monoisotopic (exact) mass is 137 g/mol. The van der Waals surface area contributed by atoms with Crippen molar-refractivity contribution in [1.82, 2.24) is 4.49 Å². The van der Waals surface area contributed by atoms with E-state index in [9.17, 15) is 0 Å². The van der Waals surface area contributed by atoms with Crippen molar-refractivity contribution in [2.45, 2.75) is 25.5 Å². The van der Waals surface area contributed by atoms with Crippen molar-refractivity contribution in [3.63, 3.8) is 0 Å². The molecule has 0 aromatic carbocycles. The van der Waals surface area contributed by atoms with Crippen molar-refractivity contribution in [2.24, 2.45) is 0 Å². The van der Waals surface area contributed by atoms with E-state index >= 15 is 0 Å². The molecule has 0 heterocycles. The topological polar surface area (TPSA) is 12.0 Å². The maximum Gasteiger partial charge on any atom is 0.0223 e. The third kappa shape index (κ3) is 6.74. The Bertz CT molecular complexity index is 50.1. The highest BCUT2D eigenvalue weighted by Gasteiger charge is 2.07. The maximum atomic E-state index is 2.94. The van der Waals surface area contributed by atoms with Crippen LogP contribution >= 0.6 is 21.3 Å². The minimum Gasteiger partial charge on any atom is -0.248 e. The van der Waals surface area contributed by atoms with Gasteiger partial charge in [-0.05, 0) is 20.8 Å². The fraction of sp³-hybridized carbons (Fsp3) is 1.00. The van der Waals surface area contributed by atoms with Gasteiger partial charge in [0.2, 0.25) is 0 Å². The van der Waals surface area contributed by atoms with E-state index < -0.39 is 0 Å². The summed E-state index contributed by atoms with van der Waals surface area (Å²) in [7, 11) is 2.45. The lowest BCUT2D eigenvalue weighted by atomic mass is 10.3. The molecular formula is C4H12NPS. The van der Waals surface area contributed by atoms with Crippen LogP contribution in [0.1, 0.15) is 20.8 Å². The minimum atomic E-state index is 0.335. The van der Waals surface area contributed by atoms with Crippen molar-refractivity contribution in [3.8, 4) is 0 Å². The Labute approximate surface area is 52.0 Å². The highest BCUT2D eigenvalue weighted by molar-refractivity contribution is 8.01. The van der Waals surface area contributed by atoms with Gasteiger partial charge in [-0.15, -0.1) is 0 Å². The summed E-state index contributed by atoms with van der Waals surface area (Å²) in [4.78, 5) is 0. The summed E-state index contributed by atoms with van der Waals surface area (Å²) in [6.07, 6.45) is 0. The molecule has 0 aliphatic rings. The van der Waals surface area contributed by atoms with Crippen LogP contribution in [0.3, 0.4) is 0 Å². The summed E-state index contributed by atoms with van der Waals surface area (Å²) in [6.45, 7) is 6.48. The van der Waals surface area contributed by atoms with Crippen LogP contribution in [-0.4, -0.2) is 4.75 Å². The molecule has 3 heteroatoms. The van der Waals surface area contributed by atoms with Gasteiger partial charge in [-0.25, -0.2) is 4.49 Å². The second-order valence-corrected chi connectivity index (χ2v) is 4.70. The lowest BCUT2D eigenvalue weighted by Gasteiger charge is -2.14. The Morgan fingerprint density at radius 2 is 1.86 bits per heavy atom. The third-order valence-corrected chi connectivity index (χ3v) is 1.45. The summed E-state index contributed by atoms with van der Waals surface area (Å²) in [5.74, 6) is 0. The van der Waals surface area contributed by atoms with Crippen molar-refractivity contribution in [3.05, 3.63) is 0 Å². The molecule has 1 atom stereocenters. The van der Waals surface area contributed by atoms with E-state index in [0.29, 0.717) is 4.75 Å². The van der Waals surface area contributed by atoms with Gasteiger partial charge >= 0.3 is 0 Å². The summed E-state index contributed by atoms with van der Waals surface area (Å²) in [5, 5.41) is 0. The molecule has 0 saturated heterocycles. The predicted molar refractivity (Wildman–Crippen MR) is 40.2 cm³/mol. The smallest absolute Gasteiger partial charge is 0.0223 e. The van der Waals surface area contributed by atoms with Gasteiger partial charge in [-0.1, -0.05) is 21.3 Å². The molecule has 1 unspecified atom stereocenters. The molecule has 0 amide bonds. The fourth-order valence-corrected chi connectivity index (χ4v) is 1.59. The molecule has 0 saturated carbocycles. The summed E-state index contributed by atoms with van der Waals surface area (Å²) >= 11 is 1.70. The molecule has 44 valence electrons. The molecule has 0 aliphatic heterocycles.